The van der Waals surface area contributed by atoms with E-state index in [9.17, 15) is 20.0 Å². The molecule has 22 heavy (non-hydrogen) atoms. The van der Waals surface area contributed by atoms with Crippen molar-refractivity contribution in [1.29, 1.82) is 0 Å². The highest BCUT2D eigenvalue weighted by Crippen LogP contribution is 2.33. The van der Waals surface area contributed by atoms with Crippen molar-refractivity contribution in [3.63, 3.8) is 0 Å². The number of aromatic nitrogens is 1. The van der Waals surface area contributed by atoms with Crippen molar-refractivity contribution in [2.45, 2.75) is 38.8 Å². The van der Waals surface area contributed by atoms with E-state index in [1.165, 1.54) is 12.1 Å². The molecule has 1 amide bonds. The van der Waals surface area contributed by atoms with E-state index in [1.807, 2.05) is 20.8 Å². The van der Waals surface area contributed by atoms with Crippen LogP contribution in [0.15, 0.2) is 18.3 Å². The number of hydrogen-bond acceptors (Lipinski definition) is 5. The number of amides is 1. The molecular weight excluding hydrogens is 290 g/mol. The summed E-state index contributed by atoms with van der Waals surface area (Å²) in [6, 6.07) is 2.75. The second-order valence-electron chi connectivity index (χ2n) is 6.47. The van der Waals surface area contributed by atoms with E-state index in [0.717, 1.165) is 6.20 Å². The van der Waals surface area contributed by atoms with Crippen LogP contribution in [0.3, 0.4) is 0 Å². The number of nitro groups is 1. The Morgan fingerprint density at radius 1 is 1.50 bits per heavy atom. The molecule has 0 bridgehead atoms. The quantitative estimate of drug-likeness (QED) is 0.522. The summed E-state index contributed by atoms with van der Waals surface area (Å²) < 4.78 is 5.63. The average molecular weight is 310 g/mol. The van der Waals surface area contributed by atoms with Gasteiger partial charge in [-0.05, 0) is 20.8 Å². The van der Waals surface area contributed by atoms with E-state index in [2.05, 4.69) is 4.98 Å². The molecule has 8 nitrogen and oxygen atoms in total. The van der Waals surface area contributed by atoms with Crippen molar-refractivity contribution in [2.75, 3.05) is 13.1 Å². The van der Waals surface area contributed by atoms with Crippen LogP contribution in [0.5, 0.6) is 5.88 Å². The molecule has 1 unspecified atom stereocenters. The Morgan fingerprint density at radius 2 is 2.18 bits per heavy atom. The van der Waals surface area contributed by atoms with Gasteiger partial charge in [0.15, 0.2) is 6.10 Å². The fourth-order valence-corrected chi connectivity index (χ4v) is 2.78. The van der Waals surface area contributed by atoms with E-state index in [0.29, 0.717) is 19.5 Å². The molecule has 2 atom stereocenters. The third-order valence-corrected chi connectivity index (χ3v) is 4.22. The second-order valence-corrected chi connectivity index (χ2v) is 6.47. The average Bonchev–Trinajstić information content (AvgIpc) is 2.84. The summed E-state index contributed by atoms with van der Waals surface area (Å²) in [6.07, 6.45) is 0.592. The number of hydrogen-bond donors (Lipinski definition) is 1. The van der Waals surface area contributed by atoms with E-state index in [4.69, 9.17) is 4.74 Å². The Hall–Kier alpha value is -2.22. The maximum Gasteiger partial charge on any atom is 0.514 e. The van der Waals surface area contributed by atoms with Crippen LogP contribution in [0.25, 0.3) is 0 Å². The van der Waals surface area contributed by atoms with Gasteiger partial charge in [-0.1, -0.05) is 0 Å². The fourth-order valence-electron chi connectivity index (χ4n) is 2.78. The van der Waals surface area contributed by atoms with Gasteiger partial charge in [-0.2, -0.15) is 4.79 Å². The molecule has 2 heterocycles. The van der Waals surface area contributed by atoms with Gasteiger partial charge in [0.1, 0.15) is 18.3 Å². The zero-order valence-corrected chi connectivity index (χ0v) is 12.9. The molecule has 1 saturated heterocycles. The third-order valence-electron chi connectivity index (χ3n) is 4.22. The first-order valence-electron chi connectivity index (χ1n) is 7.03. The molecule has 0 spiro atoms. The molecule has 8 heteroatoms. The number of carboxylic acid groups (broad SMARTS) is 1. The largest absolute Gasteiger partial charge is 0.514 e. The standard InChI is InChI=1S/C14H19N3O5/c1-14(2,3)17(13(18)19)7-6-11(9-17)22-12-5-4-10(8-15-12)16(20)21/h4-5,8,11H,6-7,9H2,1-3H3/p+1/t11-,17?/m1/s1. The van der Waals surface area contributed by atoms with Crippen molar-refractivity contribution < 1.29 is 24.0 Å². The predicted molar refractivity (Wildman–Crippen MR) is 77.7 cm³/mol. The van der Waals surface area contributed by atoms with E-state index in [-0.39, 0.29) is 22.2 Å². The Kier molecular flexibility index (Phi) is 4.06. The number of rotatable bonds is 3. The van der Waals surface area contributed by atoms with Crippen LogP contribution in [0.4, 0.5) is 10.5 Å². The number of quaternary nitrogens is 1. The lowest BCUT2D eigenvalue weighted by Gasteiger charge is -2.40. The molecule has 1 aliphatic rings. The minimum atomic E-state index is -0.866. The molecule has 1 aromatic heterocycles. The highest BCUT2D eigenvalue weighted by atomic mass is 16.6. The van der Waals surface area contributed by atoms with Crippen LogP contribution < -0.4 is 4.74 Å². The molecule has 1 N–H and O–H groups in total. The molecule has 120 valence electrons. The minimum Gasteiger partial charge on any atom is -0.468 e. The Morgan fingerprint density at radius 3 is 2.59 bits per heavy atom. The molecule has 0 radical (unpaired) electrons. The molecule has 1 fully saturated rings. The lowest BCUT2D eigenvalue weighted by atomic mass is 10.0. The van der Waals surface area contributed by atoms with Gasteiger partial charge in [0.2, 0.25) is 5.88 Å². The van der Waals surface area contributed by atoms with Crippen molar-refractivity contribution >= 4 is 11.8 Å². The minimum absolute atomic E-state index is 0.0648. The topological polar surface area (TPSA) is 103 Å². The van der Waals surface area contributed by atoms with Gasteiger partial charge in [0.25, 0.3) is 5.69 Å². The molecule has 1 aliphatic heterocycles. The van der Waals surface area contributed by atoms with Gasteiger partial charge < -0.3 is 9.84 Å². The highest BCUT2D eigenvalue weighted by Gasteiger charge is 2.53. The van der Waals surface area contributed by atoms with Gasteiger partial charge >= 0.3 is 6.09 Å². The molecule has 0 aliphatic carbocycles. The zero-order chi connectivity index (χ0) is 16.5. The molecule has 0 aromatic carbocycles. The van der Waals surface area contributed by atoms with Crippen LogP contribution in [0.1, 0.15) is 27.2 Å². The highest BCUT2D eigenvalue weighted by molar-refractivity contribution is 5.57. The van der Waals surface area contributed by atoms with E-state index in [1.54, 1.807) is 0 Å². The summed E-state index contributed by atoms with van der Waals surface area (Å²) in [7, 11) is 0. The molecule has 2 rings (SSSR count). The van der Waals surface area contributed by atoms with Crippen LogP contribution in [0.2, 0.25) is 0 Å². The number of pyridine rings is 1. The normalized spacial score (nSPS) is 25.0. The number of carbonyl (C=O) groups is 1. The van der Waals surface area contributed by atoms with Gasteiger partial charge in [-0.3, -0.25) is 10.1 Å². The number of likely N-dealkylation sites (tertiary alicyclic amines) is 1. The van der Waals surface area contributed by atoms with E-state index < -0.39 is 16.6 Å². The molecule has 1 aromatic rings. The number of nitrogens with zero attached hydrogens (tertiary/aromatic N) is 3. The van der Waals surface area contributed by atoms with Gasteiger partial charge in [0, 0.05) is 18.6 Å². The first kappa shape index (κ1) is 16.2. The van der Waals surface area contributed by atoms with Crippen molar-refractivity contribution in [2.24, 2.45) is 0 Å². The molecule has 0 saturated carbocycles. The Bertz CT molecular complexity index is 581. The Balaban J connectivity index is 2.10. The summed E-state index contributed by atoms with van der Waals surface area (Å²) in [6.45, 7) is 6.52. The summed E-state index contributed by atoms with van der Waals surface area (Å²) in [4.78, 5) is 25.7. The van der Waals surface area contributed by atoms with Crippen molar-refractivity contribution in [1.82, 2.24) is 4.98 Å². The summed E-state index contributed by atoms with van der Waals surface area (Å²) in [5.74, 6) is 0.273. The van der Waals surface area contributed by atoms with Crippen molar-refractivity contribution in [3.05, 3.63) is 28.4 Å². The zero-order valence-electron chi connectivity index (χ0n) is 12.9. The smallest absolute Gasteiger partial charge is 0.468 e. The SMILES string of the molecule is CC(C)(C)[N+]1(C(=O)O)CC[C@@H](Oc2ccc([N+](=O)[O-])cn2)C1. The lowest BCUT2D eigenvalue weighted by Crippen LogP contribution is -2.62. The maximum atomic E-state index is 11.7. The third kappa shape index (κ3) is 2.87. The number of ether oxygens (including phenoxy) is 1. The first-order valence-corrected chi connectivity index (χ1v) is 7.03. The summed E-state index contributed by atoms with van der Waals surface area (Å²) >= 11 is 0. The van der Waals surface area contributed by atoms with Crippen LogP contribution in [-0.4, -0.2) is 50.3 Å². The van der Waals surface area contributed by atoms with Crippen LogP contribution >= 0.6 is 0 Å². The summed E-state index contributed by atoms with van der Waals surface area (Å²) in [5.41, 5.74) is -0.545. The molecular formula is C14H20N3O5+. The Labute approximate surface area is 128 Å². The van der Waals surface area contributed by atoms with Crippen LogP contribution in [0, 0.1) is 10.1 Å². The van der Waals surface area contributed by atoms with Crippen molar-refractivity contribution in [3.8, 4) is 5.88 Å². The second kappa shape index (κ2) is 5.53. The summed E-state index contributed by atoms with van der Waals surface area (Å²) in [5, 5.41) is 20.2. The first-order chi connectivity index (χ1) is 10.2. The fraction of sp³-hybridized carbons (Fsp3) is 0.571. The maximum absolute atomic E-state index is 11.7. The van der Waals surface area contributed by atoms with E-state index >= 15 is 0 Å². The lowest BCUT2D eigenvalue weighted by molar-refractivity contribution is -0.893. The van der Waals surface area contributed by atoms with Gasteiger partial charge in [0.05, 0.1) is 11.5 Å². The predicted octanol–water partition coefficient (Wildman–Crippen LogP) is 2.43. The van der Waals surface area contributed by atoms with Crippen LogP contribution in [-0.2, 0) is 0 Å². The van der Waals surface area contributed by atoms with Gasteiger partial charge in [-0.25, -0.2) is 9.47 Å². The monoisotopic (exact) mass is 310 g/mol. The van der Waals surface area contributed by atoms with Gasteiger partial charge in [-0.15, -0.1) is 0 Å².